The van der Waals surface area contributed by atoms with E-state index in [1.54, 1.807) is 12.1 Å². The molecule has 0 saturated carbocycles. The summed E-state index contributed by atoms with van der Waals surface area (Å²) in [6.45, 7) is 4.32. The number of phenolic OH excluding ortho intramolecular Hbond substituents is 2. The minimum atomic E-state index is -0.334. The van der Waals surface area contributed by atoms with Crippen molar-refractivity contribution in [3.05, 3.63) is 191 Å². The van der Waals surface area contributed by atoms with Gasteiger partial charge in [-0.1, -0.05) is 146 Å². The lowest BCUT2D eigenvalue weighted by Crippen LogP contribution is -2.28. The summed E-state index contributed by atoms with van der Waals surface area (Å²) in [6, 6.07) is 52.6. The summed E-state index contributed by atoms with van der Waals surface area (Å²) in [7, 11) is 0. The fourth-order valence-corrected chi connectivity index (χ4v) is 6.96. The first-order chi connectivity index (χ1) is 23.5. The van der Waals surface area contributed by atoms with Crippen LogP contribution in [-0.2, 0) is 0 Å². The number of hydrogen-bond donors (Lipinski definition) is 4. The predicted octanol–water partition coefficient (Wildman–Crippen LogP) is 10.3. The van der Waals surface area contributed by atoms with E-state index in [-0.39, 0.29) is 35.7 Å². The highest BCUT2D eigenvalue weighted by Crippen LogP contribution is 2.41. The van der Waals surface area contributed by atoms with E-state index in [1.165, 1.54) is 0 Å². The van der Waals surface area contributed by atoms with Gasteiger partial charge in [0.1, 0.15) is 11.5 Å². The highest BCUT2D eigenvalue weighted by Gasteiger charge is 2.27. The molecule has 0 bridgehead atoms. The Hall–Kier alpha value is -5.42. The summed E-state index contributed by atoms with van der Waals surface area (Å²) in [5, 5.41) is 34.9. The van der Waals surface area contributed by atoms with E-state index in [0.29, 0.717) is 0 Å². The normalized spacial score (nSPS) is 14.0. The van der Waals surface area contributed by atoms with E-state index in [0.717, 1.165) is 54.9 Å². The molecule has 0 aliphatic rings. The molecule has 0 heterocycles. The van der Waals surface area contributed by atoms with Crippen LogP contribution in [-0.4, -0.2) is 10.2 Å². The minimum absolute atomic E-state index is 0.00707. The SMILES string of the molecule is C[C@H](N[C@@H](c1cccc([C@H](N[C@@H](C)c2ccccc2)c2c(O)ccc3ccccc23)c1)c1c(O)ccc2ccccc12)c1ccccc1. The van der Waals surface area contributed by atoms with Crippen molar-refractivity contribution in [1.29, 1.82) is 0 Å². The van der Waals surface area contributed by atoms with Gasteiger partial charge in [-0.15, -0.1) is 0 Å². The highest BCUT2D eigenvalue weighted by atomic mass is 16.3. The summed E-state index contributed by atoms with van der Waals surface area (Å²) in [5.74, 6) is 0.492. The van der Waals surface area contributed by atoms with Crippen molar-refractivity contribution in [1.82, 2.24) is 10.6 Å². The third-order valence-electron chi connectivity index (χ3n) is 9.48. The molecule has 0 fully saturated rings. The molecule has 7 aromatic carbocycles. The second kappa shape index (κ2) is 13.7. The third kappa shape index (κ3) is 6.28. The number of phenols is 2. The lowest BCUT2D eigenvalue weighted by molar-refractivity contribution is 0.446. The molecule has 0 amide bonds. The fraction of sp³-hybridized carbons (Fsp3) is 0.136. The zero-order valence-electron chi connectivity index (χ0n) is 27.2. The average Bonchev–Trinajstić information content (AvgIpc) is 3.14. The standard InChI is InChI=1S/C44H40N2O2/c1-29(31-14-5-3-6-15-31)45-43(41-37-22-11-9-18-33(37)24-26-39(41)47)35-20-13-21-36(28-35)44(46-30(2)32-16-7-4-8-17-32)42-38-23-12-10-19-34(38)25-27-40(42)48/h3-30,43-48H,1-2H3/t29-,30-,43-,44-/m0/s1. The van der Waals surface area contributed by atoms with Crippen LogP contribution in [0.5, 0.6) is 11.5 Å². The van der Waals surface area contributed by atoms with Crippen LogP contribution in [0.1, 0.15) is 71.4 Å². The van der Waals surface area contributed by atoms with Gasteiger partial charge >= 0.3 is 0 Å². The van der Waals surface area contributed by atoms with Crippen LogP contribution in [0.4, 0.5) is 0 Å². The zero-order chi connectivity index (χ0) is 33.0. The van der Waals surface area contributed by atoms with Crippen LogP contribution in [0.3, 0.4) is 0 Å². The third-order valence-corrected chi connectivity index (χ3v) is 9.48. The molecule has 4 atom stereocenters. The molecule has 238 valence electrons. The molecule has 0 aromatic heterocycles. The quantitative estimate of drug-likeness (QED) is 0.122. The first-order valence-electron chi connectivity index (χ1n) is 16.6. The second-order valence-electron chi connectivity index (χ2n) is 12.6. The Labute approximate surface area is 282 Å². The van der Waals surface area contributed by atoms with Gasteiger partial charge in [0.25, 0.3) is 0 Å². The van der Waals surface area contributed by atoms with E-state index in [1.807, 2.05) is 48.5 Å². The molecule has 0 unspecified atom stereocenters. The molecule has 48 heavy (non-hydrogen) atoms. The van der Waals surface area contributed by atoms with Gasteiger partial charge in [-0.3, -0.25) is 10.6 Å². The number of hydrogen-bond acceptors (Lipinski definition) is 4. The predicted molar refractivity (Wildman–Crippen MR) is 197 cm³/mol. The Morgan fingerprint density at radius 2 is 0.771 bits per heavy atom. The van der Waals surface area contributed by atoms with Gasteiger partial charge in [0.05, 0.1) is 12.1 Å². The van der Waals surface area contributed by atoms with Crippen molar-refractivity contribution < 1.29 is 10.2 Å². The van der Waals surface area contributed by atoms with Gasteiger partial charge in [0.2, 0.25) is 0 Å². The topological polar surface area (TPSA) is 64.5 Å². The Kier molecular flexibility index (Phi) is 8.93. The lowest BCUT2D eigenvalue weighted by Gasteiger charge is -2.29. The molecule has 4 nitrogen and oxygen atoms in total. The van der Waals surface area contributed by atoms with Crippen molar-refractivity contribution in [3.8, 4) is 11.5 Å². The molecule has 0 aliphatic carbocycles. The highest BCUT2D eigenvalue weighted by molar-refractivity contribution is 5.89. The number of benzene rings is 7. The summed E-state index contributed by atoms with van der Waals surface area (Å²) < 4.78 is 0. The van der Waals surface area contributed by atoms with Crippen LogP contribution >= 0.6 is 0 Å². The summed E-state index contributed by atoms with van der Waals surface area (Å²) in [6.07, 6.45) is 0. The van der Waals surface area contributed by atoms with E-state index in [2.05, 4.69) is 122 Å². The van der Waals surface area contributed by atoms with Crippen molar-refractivity contribution in [2.75, 3.05) is 0 Å². The van der Waals surface area contributed by atoms with E-state index >= 15 is 0 Å². The Morgan fingerprint density at radius 1 is 0.396 bits per heavy atom. The van der Waals surface area contributed by atoms with Crippen LogP contribution in [0.25, 0.3) is 21.5 Å². The van der Waals surface area contributed by atoms with Gasteiger partial charge in [0.15, 0.2) is 0 Å². The van der Waals surface area contributed by atoms with Gasteiger partial charge in [0, 0.05) is 23.2 Å². The molecule has 0 saturated heterocycles. The molecule has 7 rings (SSSR count). The number of nitrogens with one attached hydrogen (secondary N) is 2. The van der Waals surface area contributed by atoms with Crippen LogP contribution < -0.4 is 10.6 Å². The molecule has 4 N–H and O–H groups in total. The molecule has 4 heteroatoms. The number of fused-ring (bicyclic) bond motifs is 2. The van der Waals surface area contributed by atoms with Crippen molar-refractivity contribution in [3.63, 3.8) is 0 Å². The van der Waals surface area contributed by atoms with E-state index < -0.39 is 0 Å². The lowest BCUT2D eigenvalue weighted by atomic mass is 9.87. The summed E-state index contributed by atoms with van der Waals surface area (Å²) >= 11 is 0. The molecular formula is C44H40N2O2. The largest absolute Gasteiger partial charge is 0.508 e. The molecule has 0 aliphatic heterocycles. The van der Waals surface area contributed by atoms with Crippen molar-refractivity contribution in [2.24, 2.45) is 0 Å². The number of rotatable bonds is 10. The Morgan fingerprint density at radius 3 is 1.21 bits per heavy atom. The van der Waals surface area contributed by atoms with Crippen LogP contribution in [0.15, 0.2) is 158 Å². The maximum Gasteiger partial charge on any atom is 0.121 e. The smallest absolute Gasteiger partial charge is 0.121 e. The molecule has 0 spiro atoms. The molecular weight excluding hydrogens is 588 g/mol. The fourth-order valence-electron chi connectivity index (χ4n) is 6.96. The summed E-state index contributed by atoms with van der Waals surface area (Å²) in [4.78, 5) is 0. The van der Waals surface area contributed by atoms with Crippen LogP contribution in [0.2, 0.25) is 0 Å². The average molecular weight is 629 g/mol. The Bertz CT molecular complexity index is 2010. The van der Waals surface area contributed by atoms with Gasteiger partial charge in [-0.2, -0.15) is 0 Å². The van der Waals surface area contributed by atoms with Crippen molar-refractivity contribution in [2.45, 2.75) is 38.0 Å². The maximum atomic E-state index is 11.5. The van der Waals surface area contributed by atoms with Gasteiger partial charge in [-0.25, -0.2) is 0 Å². The second-order valence-corrected chi connectivity index (χ2v) is 12.6. The van der Waals surface area contributed by atoms with Gasteiger partial charge in [-0.05, 0) is 69.8 Å². The first kappa shape index (κ1) is 31.2. The maximum absolute atomic E-state index is 11.5. The minimum Gasteiger partial charge on any atom is -0.508 e. The van der Waals surface area contributed by atoms with Crippen LogP contribution in [0, 0.1) is 0 Å². The number of aromatic hydroxyl groups is 2. The first-order valence-corrected chi connectivity index (χ1v) is 16.6. The van der Waals surface area contributed by atoms with Gasteiger partial charge < -0.3 is 10.2 Å². The zero-order valence-corrected chi connectivity index (χ0v) is 27.2. The van der Waals surface area contributed by atoms with E-state index in [9.17, 15) is 10.2 Å². The van der Waals surface area contributed by atoms with Crippen molar-refractivity contribution >= 4 is 21.5 Å². The molecule has 7 aromatic rings. The summed E-state index contributed by atoms with van der Waals surface area (Å²) in [5.41, 5.74) is 6.03. The molecule has 0 radical (unpaired) electrons. The Balaban J connectivity index is 1.40. The van der Waals surface area contributed by atoms with E-state index in [4.69, 9.17) is 0 Å². The monoisotopic (exact) mass is 628 g/mol.